The van der Waals surface area contributed by atoms with Crippen LogP contribution in [-0.4, -0.2) is 15.2 Å². The van der Waals surface area contributed by atoms with Crippen molar-refractivity contribution in [3.63, 3.8) is 0 Å². The first-order chi connectivity index (χ1) is 7.25. The minimum Gasteiger partial charge on any atom is -0.254 e. The van der Waals surface area contributed by atoms with Crippen LogP contribution in [0, 0.1) is 11.6 Å². The van der Waals surface area contributed by atoms with Crippen LogP contribution in [0.5, 0.6) is 0 Å². The van der Waals surface area contributed by atoms with Crippen LogP contribution in [0.25, 0.3) is 0 Å². The predicted molar refractivity (Wildman–Crippen MR) is 52.3 cm³/mol. The van der Waals surface area contributed by atoms with Crippen molar-refractivity contribution in [1.82, 2.24) is 15.2 Å². The van der Waals surface area contributed by atoms with Gasteiger partial charge < -0.3 is 0 Å². The van der Waals surface area contributed by atoms with Gasteiger partial charge in [0.25, 0.3) is 0 Å². The number of nitrogens with one attached hydrogen (secondary N) is 1. The van der Waals surface area contributed by atoms with Gasteiger partial charge in [0.2, 0.25) is 0 Å². The number of H-pyrrole nitrogens is 1. The van der Waals surface area contributed by atoms with Crippen molar-refractivity contribution in [1.29, 1.82) is 0 Å². The fourth-order valence-electron chi connectivity index (χ4n) is 1.05. The van der Waals surface area contributed by atoms with Crippen molar-refractivity contribution in [3.05, 3.63) is 41.7 Å². The molecule has 0 spiro atoms. The van der Waals surface area contributed by atoms with Crippen LogP contribution >= 0.6 is 11.8 Å². The molecule has 1 N–H and O–H groups in total. The molecular weight excluding hydrogens is 220 g/mol. The van der Waals surface area contributed by atoms with E-state index in [0.29, 0.717) is 16.5 Å². The minimum atomic E-state index is -0.569. The molecule has 0 aliphatic carbocycles. The standard InChI is InChI=1S/C9H7F2N3S/c10-7-2-1-6(8(11)3-7)4-15-9-12-5-13-14-9/h1-3,5H,4H2,(H,12,13,14). The molecule has 0 saturated carbocycles. The van der Waals surface area contributed by atoms with Crippen LogP contribution in [0.3, 0.4) is 0 Å². The summed E-state index contributed by atoms with van der Waals surface area (Å²) < 4.78 is 25.8. The first kappa shape index (κ1) is 10.1. The van der Waals surface area contributed by atoms with E-state index in [4.69, 9.17) is 0 Å². The molecule has 0 aliphatic heterocycles. The van der Waals surface area contributed by atoms with E-state index in [2.05, 4.69) is 15.2 Å². The molecule has 15 heavy (non-hydrogen) atoms. The van der Waals surface area contributed by atoms with Crippen molar-refractivity contribution in [2.75, 3.05) is 0 Å². The second kappa shape index (κ2) is 4.39. The summed E-state index contributed by atoms with van der Waals surface area (Å²) in [5, 5.41) is 6.91. The number of halogens is 2. The van der Waals surface area contributed by atoms with E-state index in [1.54, 1.807) is 0 Å². The molecule has 2 rings (SSSR count). The summed E-state index contributed by atoms with van der Waals surface area (Å²) in [4.78, 5) is 3.88. The number of hydrogen-bond donors (Lipinski definition) is 1. The fraction of sp³-hybridized carbons (Fsp3) is 0.111. The van der Waals surface area contributed by atoms with E-state index in [1.165, 1.54) is 30.2 Å². The van der Waals surface area contributed by atoms with Crippen molar-refractivity contribution in [2.45, 2.75) is 10.9 Å². The molecule has 1 heterocycles. The number of aromatic nitrogens is 3. The summed E-state index contributed by atoms with van der Waals surface area (Å²) in [6.45, 7) is 0. The monoisotopic (exact) mass is 227 g/mol. The van der Waals surface area contributed by atoms with Crippen LogP contribution in [0.15, 0.2) is 29.7 Å². The Hall–Kier alpha value is -1.43. The van der Waals surface area contributed by atoms with Crippen molar-refractivity contribution < 1.29 is 8.78 Å². The fourth-order valence-corrected chi connectivity index (χ4v) is 1.81. The molecule has 1 aromatic carbocycles. The van der Waals surface area contributed by atoms with Gasteiger partial charge in [-0.3, -0.25) is 5.10 Å². The van der Waals surface area contributed by atoms with Gasteiger partial charge in [0.05, 0.1) is 0 Å². The van der Waals surface area contributed by atoms with E-state index in [-0.39, 0.29) is 0 Å². The highest BCUT2D eigenvalue weighted by molar-refractivity contribution is 7.98. The number of aromatic amines is 1. The molecule has 0 radical (unpaired) electrons. The third-order valence-corrected chi connectivity index (χ3v) is 2.70. The van der Waals surface area contributed by atoms with E-state index < -0.39 is 11.6 Å². The highest BCUT2D eigenvalue weighted by Gasteiger charge is 2.05. The molecule has 0 amide bonds. The molecule has 6 heteroatoms. The van der Waals surface area contributed by atoms with Gasteiger partial charge in [0.15, 0.2) is 5.16 Å². The van der Waals surface area contributed by atoms with Crippen LogP contribution in [0.1, 0.15) is 5.56 Å². The molecule has 0 unspecified atom stereocenters. The number of nitrogens with zero attached hydrogens (tertiary/aromatic N) is 2. The Bertz CT molecular complexity index is 445. The molecule has 2 aromatic rings. The average molecular weight is 227 g/mol. The number of rotatable bonds is 3. The summed E-state index contributed by atoms with van der Waals surface area (Å²) in [5.74, 6) is -0.718. The zero-order valence-corrected chi connectivity index (χ0v) is 8.39. The van der Waals surface area contributed by atoms with Crippen molar-refractivity contribution in [3.8, 4) is 0 Å². The summed E-state index contributed by atoms with van der Waals surface area (Å²) >= 11 is 1.31. The molecule has 1 aromatic heterocycles. The quantitative estimate of drug-likeness (QED) is 0.818. The largest absolute Gasteiger partial charge is 0.254 e. The highest BCUT2D eigenvalue weighted by Crippen LogP contribution is 2.20. The number of thioether (sulfide) groups is 1. The predicted octanol–water partition coefficient (Wildman–Crippen LogP) is 2.38. The van der Waals surface area contributed by atoms with Gasteiger partial charge in [0.1, 0.15) is 18.0 Å². The minimum absolute atomic E-state index is 0.390. The lowest BCUT2D eigenvalue weighted by Gasteiger charge is -2.00. The zero-order chi connectivity index (χ0) is 10.7. The number of benzene rings is 1. The average Bonchev–Trinajstić information content (AvgIpc) is 2.69. The molecule has 78 valence electrons. The molecule has 0 atom stereocenters. The van der Waals surface area contributed by atoms with Crippen LogP contribution in [0.4, 0.5) is 8.78 Å². The maximum atomic E-state index is 13.2. The van der Waals surface area contributed by atoms with E-state index in [0.717, 1.165) is 6.07 Å². The molecule has 0 saturated heterocycles. The normalized spacial score (nSPS) is 10.5. The Balaban J connectivity index is 2.05. The Labute approximate surface area is 88.9 Å². The van der Waals surface area contributed by atoms with Crippen LogP contribution < -0.4 is 0 Å². The van der Waals surface area contributed by atoms with Crippen LogP contribution in [0.2, 0.25) is 0 Å². The lowest BCUT2D eigenvalue weighted by molar-refractivity contribution is 0.576. The first-order valence-electron chi connectivity index (χ1n) is 4.18. The lowest BCUT2D eigenvalue weighted by atomic mass is 10.2. The summed E-state index contributed by atoms with van der Waals surface area (Å²) in [7, 11) is 0. The van der Waals surface area contributed by atoms with Crippen molar-refractivity contribution >= 4 is 11.8 Å². The molecule has 0 bridgehead atoms. The third-order valence-electron chi connectivity index (χ3n) is 1.77. The summed E-state index contributed by atoms with van der Waals surface area (Å²) in [6.07, 6.45) is 1.38. The SMILES string of the molecule is Fc1ccc(CSc2ncn[nH]2)c(F)c1. The Morgan fingerprint density at radius 2 is 2.20 bits per heavy atom. The maximum absolute atomic E-state index is 13.2. The first-order valence-corrected chi connectivity index (χ1v) is 5.16. The van der Waals surface area contributed by atoms with Gasteiger partial charge in [-0.2, -0.15) is 5.10 Å². The van der Waals surface area contributed by atoms with Gasteiger partial charge in [0, 0.05) is 11.8 Å². The Morgan fingerprint density at radius 1 is 1.33 bits per heavy atom. The maximum Gasteiger partial charge on any atom is 0.183 e. The Morgan fingerprint density at radius 3 is 2.87 bits per heavy atom. The highest BCUT2D eigenvalue weighted by atomic mass is 32.2. The second-order valence-corrected chi connectivity index (χ2v) is 3.78. The molecule has 3 nitrogen and oxygen atoms in total. The Kier molecular flexibility index (Phi) is 2.96. The topological polar surface area (TPSA) is 41.6 Å². The third kappa shape index (κ3) is 2.53. The number of hydrogen-bond acceptors (Lipinski definition) is 3. The van der Waals surface area contributed by atoms with E-state index in [9.17, 15) is 8.78 Å². The summed E-state index contributed by atoms with van der Waals surface area (Å²) in [5.41, 5.74) is 0.442. The van der Waals surface area contributed by atoms with Gasteiger partial charge in [-0.05, 0) is 11.6 Å². The second-order valence-electron chi connectivity index (χ2n) is 2.82. The molecule has 0 fully saturated rings. The lowest BCUT2D eigenvalue weighted by Crippen LogP contribution is -1.89. The molecular formula is C9H7F2N3S. The zero-order valence-electron chi connectivity index (χ0n) is 7.58. The van der Waals surface area contributed by atoms with Gasteiger partial charge in [-0.1, -0.05) is 17.8 Å². The van der Waals surface area contributed by atoms with Crippen molar-refractivity contribution in [2.24, 2.45) is 0 Å². The van der Waals surface area contributed by atoms with Gasteiger partial charge in [-0.15, -0.1) is 0 Å². The van der Waals surface area contributed by atoms with Gasteiger partial charge in [-0.25, -0.2) is 13.8 Å². The van der Waals surface area contributed by atoms with Crippen LogP contribution in [-0.2, 0) is 5.75 Å². The molecule has 0 aliphatic rings. The smallest absolute Gasteiger partial charge is 0.183 e. The summed E-state index contributed by atoms with van der Waals surface area (Å²) in [6, 6.07) is 3.53. The van der Waals surface area contributed by atoms with E-state index >= 15 is 0 Å². The van der Waals surface area contributed by atoms with E-state index in [1.807, 2.05) is 0 Å². The van der Waals surface area contributed by atoms with Gasteiger partial charge >= 0.3 is 0 Å².